The van der Waals surface area contributed by atoms with Gasteiger partial charge in [-0.2, -0.15) is 4.98 Å². The van der Waals surface area contributed by atoms with Crippen LogP contribution >= 0.6 is 35.6 Å². The molecule has 1 aliphatic heterocycles. The van der Waals surface area contributed by atoms with Gasteiger partial charge < -0.3 is 24.8 Å². The van der Waals surface area contributed by atoms with Crippen molar-refractivity contribution in [2.75, 3.05) is 33.3 Å². The lowest BCUT2D eigenvalue weighted by molar-refractivity contribution is 0.0532. The molecule has 0 amide bonds. The molecule has 0 radical (unpaired) electrons. The van der Waals surface area contributed by atoms with Crippen LogP contribution < -0.4 is 10.6 Å². The summed E-state index contributed by atoms with van der Waals surface area (Å²) in [6.45, 7) is 8.45. The van der Waals surface area contributed by atoms with E-state index in [-0.39, 0.29) is 24.0 Å². The minimum absolute atomic E-state index is 0. The van der Waals surface area contributed by atoms with Crippen LogP contribution in [0.3, 0.4) is 0 Å². The Labute approximate surface area is 206 Å². The Bertz CT molecular complexity index is 806. The number of benzene rings is 1. The van der Waals surface area contributed by atoms with E-state index in [1.807, 2.05) is 12.1 Å². The van der Waals surface area contributed by atoms with E-state index < -0.39 is 0 Å². The number of likely N-dealkylation sites (tertiary alicyclic amines) is 1. The van der Waals surface area contributed by atoms with Gasteiger partial charge in [0.15, 0.2) is 5.96 Å². The summed E-state index contributed by atoms with van der Waals surface area (Å²) in [5, 5.41) is 11.5. The van der Waals surface area contributed by atoms with Gasteiger partial charge >= 0.3 is 0 Å². The van der Waals surface area contributed by atoms with Crippen LogP contribution in [0.5, 0.6) is 0 Å². The third-order valence-corrected chi connectivity index (χ3v) is 5.24. The van der Waals surface area contributed by atoms with Crippen molar-refractivity contribution in [1.29, 1.82) is 0 Å². The fourth-order valence-corrected chi connectivity index (χ4v) is 3.43. The second-order valence-electron chi connectivity index (χ2n) is 7.62. The Morgan fingerprint density at radius 2 is 2.00 bits per heavy atom. The molecule has 1 saturated heterocycles. The van der Waals surface area contributed by atoms with Crippen molar-refractivity contribution in [3.63, 3.8) is 0 Å². The van der Waals surface area contributed by atoms with Crippen molar-refractivity contribution >= 4 is 41.5 Å². The van der Waals surface area contributed by atoms with Crippen molar-refractivity contribution in [1.82, 2.24) is 25.7 Å². The maximum Gasteiger partial charge on any atom is 0.246 e. The summed E-state index contributed by atoms with van der Waals surface area (Å²) in [7, 11) is 1.76. The lowest BCUT2D eigenvalue weighted by atomic mass is 10.1. The van der Waals surface area contributed by atoms with Crippen LogP contribution in [-0.2, 0) is 11.3 Å². The fraction of sp³-hybridized carbons (Fsp3) is 0.571. The number of piperidine rings is 1. The highest BCUT2D eigenvalue weighted by Crippen LogP contribution is 2.18. The molecule has 1 aromatic heterocycles. The number of hydrogen-bond donors (Lipinski definition) is 2. The van der Waals surface area contributed by atoms with Crippen LogP contribution in [0.4, 0.5) is 0 Å². The van der Waals surface area contributed by atoms with E-state index in [1.165, 1.54) is 0 Å². The zero-order valence-corrected chi connectivity index (χ0v) is 21.4. The molecule has 0 saturated carbocycles. The van der Waals surface area contributed by atoms with Gasteiger partial charge in [-0.25, -0.2) is 0 Å². The van der Waals surface area contributed by atoms with E-state index >= 15 is 0 Å². The predicted octanol–water partition coefficient (Wildman–Crippen LogP) is 3.56. The minimum atomic E-state index is 0. The Morgan fingerprint density at radius 3 is 2.65 bits per heavy atom. The smallest absolute Gasteiger partial charge is 0.246 e. The largest absolute Gasteiger partial charge is 0.377 e. The molecule has 31 heavy (non-hydrogen) atoms. The maximum absolute atomic E-state index is 5.92. The number of hydrogen-bond acceptors (Lipinski definition) is 6. The molecule has 10 heteroatoms. The molecule has 2 aromatic rings. The molecule has 8 nitrogen and oxygen atoms in total. The van der Waals surface area contributed by atoms with Crippen molar-refractivity contribution in [2.45, 2.75) is 45.4 Å². The summed E-state index contributed by atoms with van der Waals surface area (Å²) in [4.78, 5) is 11.2. The molecule has 2 N–H and O–H groups in total. The van der Waals surface area contributed by atoms with Gasteiger partial charge in [0.2, 0.25) is 11.7 Å². The van der Waals surface area contributed by atoms with E-state index in [2.05, 4.69) is 44.5 Å². The predicted molar refractivity (Wildman–Crippen MR) is 134 cm³/mol. The van der Waals surface area contributed by atoms with Gasteiger partial charge in [-0.1, -0.05) is 16.8 Å². The first kappa shape index (κ1) is 25.8. The molecular weight excluding hydrogens is 531 g/mol. The van der Waals surface area contributed by atoms with Gasteiger partial charge in [0, 0.05) is 43.3 Å². The zero-order valence-electron chi connectivity index (χ0n) is 18.3. The average Bonchev–Trinajstić information content (AvgIpc) is 3.21. The molecule has 0 atom stereocenters. The highest BCUT2D eigenvalue weighted by atomic mass is 127. The molecule has 1 aromatic carbocycles. The quantitative estimate of drug-likeness (QED) is 0.289. The van der Waals surface area contributed by atoms with Gasteiger partial charge in [-0.05, 0) is 51.0 Å². The Kier molecular flexibility index (Phi) is 11.0. The summed E-state index contributed by atoms with van der Waals surface area (Å²) in [5.74, 6) is 1.78. The molecule has 3 rings (SSSR count). The Morgan fingerprint density at radius 1 is 1.29 bits per heavy atom. The molecular formula is C21H32ClIN6O2. The fourth-order valence-electron chi connectivity index (χ4n) is 3.31. The van der Waals surface area contributed by atoms with Crippen LogP contribution in [0.25, 0.3) is 11.4 Å². The Balaban J connectivity index is 0.00000341. The summed E-state index contributed by atoms with van der Waals surface area (Å²) >= 11 is 5.92. The monoisotopic (exact) mass is 562 g/mol. The normalized spacial score (nSPS) is 15.7. The standard InChI is InChI=1S/C21H31ClN6O2.HI/c1-15(2)29-13-12-28-10-8-18(9-11-28)25-21(23-3)24-14-19-26-20(27-30-19)16-4-6-17(22)7-5-16;/h4-7,15,18H,8-14H2,1-3H3,(H2,23,24,25);1H. The third kappa shape index (κ3) is 8.55. The van der Waals surface area contributed by atoms with E-state index in [0.717, 1.165) is 50.6 Å². The van der Waals surface area contributed by atoms with Crippen LogP contribution in [0.1, 0.15) is 32.6 Å². The van der Waals surface area contributed by atoms with Gasteiger partial charge in [0.05, 0.1) is 19.3 Å². The van der Waals surface area contributed by atoms with Crippen LogP contribution in [0.2, 0.25) is 5.02 Å². The van der Waals surface area contributed by atoms with E-state index in [4.69, 9.17) is 20.9 Å². The second kappa shape index (κ2) is 13.2. The van der Waals surface area contributed by atoms with Gasteiger partial charge in [-0.3, -0.25) is 4.99 Å². The molecule has 1 fully saturated rings. The maximum atomic E-state index is 5.92. The first-order chi connectivity index (χ1) is 14.5. The number of guanidine groups is 1. The van der Waals surface area contributed by atoms with Crippen molar-refractivity contribution in [3.8, 4) is 11.4 Å². The molecule has 172 valence electrons. The van der Waals surface area contributed by atoms with E-state index in [1.54, 1.807) is 19.2 Å². The number of halogens is 2. The lowest BCUT2D eigenvalue weighted by Crippen LogP contribution is -2.49. The highest BCUT2D eigenvalue weighted by molar-refractivity contribution is 14.0. The SMILES string of the molecule is CN=C(NCc1nc(-c2ccc(Cl)cc2)no1)NC1CCN(CCOC(C)C)CC1.I. The topological polar surface area (TPSA) is 87.8 Å². The molecule has 1 aliphatic rings. The average molecular weight is 563 g/mol. The zero-order chi connectivity index (χ0) is 21.3. The third-order valence-electron chi connectivity index (χ3n) is 4.99. The van der Waals surface area contributed by atoms with E-state index in [0.29, 0.717) is 35.4 Å². The summed E-state index contributed by atoms with van der Waals surface area (Å²) < 4.78 is 11.0. The Hall–Kier alpha value is -1.43. The molecule has 2 heterocycles. The van der Waals surface area contributed by atoms with Gasteiger partial charge in [-0.15, -0.1) is 24.0 Å². The van der Waals surface area contributed by atoms with Crippen molar-refractivity contribution in [3.05, 3.63) is 35.2 Å². The number of aromatic nitrogens is 2. The van der Waals surface area contributed by atoms with Crippen molar-refractivity contribution < 1.29 is 9.26 Å². The summed E-state index contributed by atoms with van der Waals surface area (Å²) in [6, 6.07) is 7.74. The molecule has 0 spiro atoms. The van der Waals surface area contributed by atoms with Crippen LogP contribution in [0, 0.1) is 0 Å². The molecule has 0 aliphatic carbocycles. The highest BCUT2D eigenvalue weighted by Gasteiger charge is 2.20. The second-order valence-corrected chi connectivity index (χ2v) is 8.06. The number of ether oxygens (including phenoxy) is 1. The number of rotatable bonds is 8. The molecule has 0 bridgehead atoms. The molecule has 0 unspecified atom stereocenters. The first-order valence-corrected chi connectivity index (χ1v) is 10.8. The van der Waals surface area contributed by atoms with Gasteiger partial charge in [0.25, 0.3) is 0 Å². The number of nitrogens with zero attached hydrogens (tertiary/aromatic N) is 4. The van der Waals surface area contributed by atoms with Crippen LogP contribution in [-0.4, -0.2) is 66.4 Å². The van der Waals surface area contributed by atoms with Crippen LogP contribution in [0.15, 0.2) is 33.8 Å². The summed E-state index contributed by atoms with van der Waals surface area (Å²) in [6.07, 6.45) is 2.44. The van der Waals surface area contributed by atoms with Gasteiger partial charge in [0.1, 0.15) is 0 Å². The summed E-state index contributed by atoms with van der Waals surface area (Å²) in [5.41, 5.74) is 0.863. The first-order valence-electron chi connectivity index (χ1n) is 10.4. The lowest BCUT2D eigenvalue weighted by Gasteiger charge is -2.33. The number of aliphatic imine (C=N–C) groups is 1. The number of nitrogens with one attached hydrogen (secondary N) is 2. The minimum Gasteiger partial charge on any atom is -0.377 e. The van der Waals surface area contributed by atoms with E-state index in [9.17, 15) is 0 Å². The van der Waals surface area contributed by atoms with Crippen molar-refractivity contribution in [2.24, 2.45) is 4.99 Å².